The van der Waals surface area contributed by atoms with E-state index in [1.54, 1.807) is 109 Å². The highest BCUT2D eigenvalue weighted by molar-refractivity contribution is 7.91. The van der Waals surface area contributed by atoms with Gasteiger partial charge < -0.3 is 18.6 Å². The molecule has 0 spiro atoms. The lowest BCUT2D eigenvalue weighted by Crippen LogP contribution is -2.45. The molecule has 1 aliphatic carbocycles. The smallest absolute Gasteiger partial charge is 0.286 e. The molecule has 35 heteroatoms. The van der Waals surface area contributed by atoms with Gasteiger partial charge in [-0.15, -0.1) is 0 Å². The summed E-state index contributed by atoms with van der Waals surface area (Å²) in [5.74, 6) is -1.57. The van der Waals surface area contributed by atoms with E-state index in [-0.39, 0.29) is 73.3 Å². The maximum atomic E-state index is 13.5. The summed E-state index contributed by atoms with van der Waals surface area (Å²) in [7, 11) is -10.7. The van der Waals surface area contributed by atoms with Gasteiger partial charge in [-0.05, 0) is 212 Å². The van der Waals surface area contributed by atoms with Crippen LogP contribution in [0.5, 0.6) is 0 Å². The molecule has 9 aromatic rings. The summed E-state index contributed by atoms with van der Waals surface area (Å²) in [5, 5.41) is 23.3. The number of carbonyl (C=O) groups excluding carboxylic acids is 3. The predicted molar refractivity (Wildman–Crippen MR) is 422 cm³/mol. The number of nitrogens with zero attached hydrogens (tertiary/aromatic N) is 8. The molecule has 6 aliphatic rings. The van der Waals surface area contributed by atoms with Crippen LogP contribution in [0.4, 0.5) is 0 Å². The first-order valence-corrected chi connectivity index (χ1v) is 43.5. The van der Waals surface area contributed by atoms with Gasteiger partial charge in [0.2, 0.25) is 0 Å². The van der Waals surface area contributed by atoms with Gasteiger partial charge in [-0.3, -0.25) is 25.2 Å². The fraction of sp³-hybridized carbons (Fsp3) is 0.342. The van der Waals surface area contributed by atoms with Gasteiger partial charge in [0.05, 0.1) is 83.7 Å². The molecule has 23 nitrogen and oxygen atoms in total. The maximum Gasteiger partial charge on any atom is 0.286 e. The summed E-state index contributed by atoms with van der Waals surface area (Å²) in [4.78, 5) is 40.3. The van der Waals surface area contributed by atoms with Gasteiger partial charge in [0, 0.05) is 64.0 Å². The molecule has 15 rings (SSSR count). The third-order valence-corrected chi connectivity index (χ3v) is 25.7. The third-order valence-electron chi connectivity index (χ3n) is 19.1. The molecule has 108 heavy (non-hydrogen) atoms. The second-order valence-corrected chi connectivity index (χ2v) is 36.9. The van der Waals surface area contributed by atoms with E-state index in [1.807, 2.05) is 16.9 Å². The Bertz CT molecular complexity index is 5430. The molecule has 3 amide bonds. The molecule has 1 saturated carbocycles. The van der Waals surface area contributed by atoms with Gasteiger partial charge >= 0.3 is 0 Å². The molecule has 3 fully saturated rings. The van der Waals surface area contributed by atoms with Crippen molar-refractivity contribution in [2.75, 3.05) is 43.4 Å². The molecule has 0 radical (unpaired) electrons. The summed E-state index contributed by atoms with van der Waals surface area (Å²) in [6.07, 6.45) is 17.6. The number of halogens is 9. The zero-order valence-corrected chi connectivity index (χ0v) is 67.0. The molecular weight excluding hydrogens is 1640 g/mol. The number of piperidine rings is 1. The monoisotopic (exact) mass is 1700 g/mol. The summed E-state index contributed by atoms with van der Waals surface area (Å²) in [6, 6.07) is 24.3. The molecule has 6 aromatic heterocycles. The largest absolute Gasteiger partial charge is 0.445 e. The fourth-order valence-electron chi connectivity index (χ4n) is 14.2. The molecule has 5 aliphatic heterocycles. The van der Waals surface area contributed by atoms with Crippen molar-refractivity contribution in [2.24, 2.45) is 5.92 Å². The van der Waals surface area contributed by atoms with Gasteiger partial charge in [-0.1, -0.05) is 108 Å². The van der Waals surface area contributed by atoms with Crippen LogP contribution >= 0.6 is 104 Å². The summed E-state index contributed by atoms with van der Waals surface area (Å²) >= 11 is 55.6. The fourth-order valence-corrected chi connectivity index (χ4v) is 20.6. The van der Waals surface area contributed by atoms with Crippen LogP contribution in [0, 0.1) is 5.92 Å². The van der Waals surface area contributed by atoms with Crippen LogP contribution < -0.4 is 16.2 Å². The first kappa shape index (κ1) is 79.2. The zero-order chi connectivity index (χ0) is 76.5. The number of benzene rings is 3. The molecule has 0 unspecified atom stereocenters. The maximum absolute atomic E-state index is 13.5. The van der Waals surface area contributed by atoms with Crippen molar-refractivity contribution in [1.29, 1.82) is 0 Å². The van der Waals surface area contributed by atoms with E-state index >= 15 is 0 Å². The van der Waals surface area contributed by atoms with E-state index in [0.717, 1.165) is 96.8 Å². The number of aromatic nitrogens is 6. The highest BCUT2D eigenvalue weighted by Crippen LogP contribution is 2.42. The molecule has 3 N–H and O–H groups in total. The zero-order valence-electron chi connectivity index (χ0n) is 57.7. The molecule has 0 bridgehead atoms. The van der Waals surface area contributed by atoms with Gasteiger partial charge in [0.1, 0.15) is 17.3 Å². The third kappa shape index (κ3) is 18.7. The number of sulfone groups is 3. The molecule has 1 atom stereocenters. The van der Waals surface area contributed by atoms with E-state index in [0.29, 0.717) is 121 Å². The minimum Gasteiger partial charge on any atom is -0.445 e. The van der Waals surface area contributed by atoms with Gasteiger partial charge in [-0.25, -0.2) is 49.3 Å². The van der Waals surface area contributed by atoms with Crippen LogP contribution in [0.1, 0.15) is 166 Å². The Kier molecular flexibility index (Phi) is 24.7. The Morgan fingerprint density at radius 3 is 1.03 bits per heavy atom. The van der Waals surface area contributed by atoms with Crippen LogP contribution in [0.25, 0.3) is 52.0 Å². The summed E-state index contributed by atoms with van der Waals surface area (Å²) < 4.78 is 98.7. The number of hydrogen-bond donors (Lipinski definition) is 3. The van der Waals surface area contributed by atoms with Crippen LogP contribution in [0.3, 0.4) is 0 Å². The van der Waals surface area contributed by atoms with Gasteiger partial charge in [0.25, 0.3) is 17.7 Å². The molecule has 3 aromatic carbocycles. The Morgan fingerprint density at radius 1 is 0.417 bits per heavy atom. The first-order valence-electron chi connectivity index (χ1n) is 34.7. The molecule has 2 saturated heterocycles. The number of rotatable bonds is 13. The Labute approximate surface area is 668 Å². The quantitative estimate of drug-likeness (QED) is 0.0966. The minimum atomic E-state index is -3.58. The molecule has 570 valence electrons. The number of carbonyl (C=O) groups is 3. The van der Waals surface area contributed by atoms with E-state index in [9.17, 15) is 39.6 Å². The minimum absolute atomic E-state index is 0.0308. The lowest BCUT2D eigenvalue weighted by Gasteiger charge is -2.28. The standard InChI is InChI=1S/C26H26Cl3N3O4S.C24H23Cl3N4O4S.C23H21Cl3N4O4S/c1-15(16-5-3-2-4-6-16)30-26(33)24-20-14-37(34,35)13-17(11-19-8-10-23(29)36-19)25(20)32(31-24)22-9-7-18(27)12-21(22)28;25-16-5-7-20(19(26)12-16)31-23-15(11-17-6-8-21(27)35-17)13-36(33,34)14-18(23)22(28-31)24(32)29-30-9-3-1-2-4-10-30;24-15-4-6-19(18(25)11-15)30-22-14(10-16-5-7-20(26)34-16)12-35(32,33)13-17(22)21(27-30)23(31)28-29-8-2-1-3-9-29/h7-12,15-16H,2-6,13-14H2,1H3,(H,30,33);5-8,11-12H,1-4,9-10,13-14H2,(H,29,32);4-7,10-11H,1-3,8-9,12-13H2,(H,28,31)/b17-11+;15-11+;14-10+/t15-;;/m1../s1. The summed E-state index contributed by atoms with van der Waals surface area (Å²) in [5.41, 5.74) is 11.0. The highest BCUT2D eigenvalue weighted by Gasteiger charge is 2.40. The van der Waals surface area contributed by atoms with Crippen molar-refractivity contribution < 1.29 is 52.9 Å². The predicted octanol–water partition coefficient (Wildman–Crippen LogP) is 17.0. The van der Waals surface area contributed by atoms with Crippen molar-refractivity contribution >= 4 is 187 Å². The van der Waals surface area contributed by atoms with E-state index in [1.165, 1.54) is 20.5 Å². The van der Waals surface area contributed by atoms with Gasteiger partial charge in [0.15, 0.2) is 62.3 Å². The average molecular weight is 1710 g/mol. The Balaban J connectivity index is 0.000000143. The van der Waals surface area contributed by atoms with Crippen LogP contribution in [-0.4, -0.2) is 132 Å². The van der Waals surface area contributed by atoms with Crippen molar-refractivity contribution in [2.45, 2.75) is 107 Å². The lowest BCUT2D eigenvalue weighted by molar-refractivity contribution is 0.0742. The van der Waals surface area contributed by atoms with Crippen LogP contribution in [0.2, 0.25) is 45.8 Å². The SMILES string of the molecule is C[C@@H](NC(=O)c1nn(-c2ccc(Cl)cc2Cl)c2c1CS(=O)(=O)C/C2=C\c1ccc(Cl)o1)C1CCCCC1.O=C(NN1CCCCC1)c1nn(-c2ccc(Cl)cc2Cl)c2c1CS(=O)(=O)C/C2=C\c1ccc(Cl)o1.O=C(NN1CCCCCC1)c1nn(-c2ccc(Cl)cc2Cl)c2c1CS(=O)(=O)C/C2=C\c1ccc(Cl)o1. The normalized spacial score (nSPS) is 19.2. The number of furan rings is 3. The average Bonchev–Trinajstić information content (AvgIpc) is 1.70. The van der Waals surface area contributed by atoms with Crippen molar-refractivity contribution in [3.63, 3.8) is 0 Å². The van der Waals surface area contributed by atoms with E-state index in [4.69, 9.17) is 118 Å². The number of nitrogens with one attached hydrogen (secondary N) is 3. The number of hydrogen-bond acceptors (Lipinski definition) is 17. The topological polar surface area (TPSA) is 289 Å². The number of hydrazine groups is 2. The Morgan fingerprint density at radius 2 is 0.722 bits per heavy atom. The lowest BCUT2D eigenvalue weighted by atomic mass is 9.84. The second-order valence-electron chi connectivity index (χ2n) is 27.1. The van der Waals surface area contributed by atoms with Gasteiger partial charge in [-0.2, -0.15) is 15.3 Å². The summed E-state index contributed by atoms with van der Waals surface area (Å²) in [6.45, 7) is 4.89. The van der Waals surface area contributed by atoms with E-state index in [2.05, 4.69) is 31.5 Å². The van der Waals surface area contributed by atoms with Crippen molar-refractivity contribution in [3.8, 4) is 17.1 Å². The van der Waals surface area contributed by atoms with Crippen LogP contribution in [0.15, 0.2) is 104 Å². The van der Waals surface area contributed by atoms with E-state index < -0.39 is 47.2 Å². The molecular formula is C73H70Cl9N11O12S3. The number of fused-ring (bicyclic) bond motifs is 3. The molecule has 11 heterocycles. The van der Waals surface area contributed by atoms with Crippen molar-refractivity contribution in [3.05, 3.63) is 205 Å². The highest BCUT2D eigenvalue weighted by atomic mass is 35.5. The van der Waals surface area contributed by atoms with Crippen LogP contribution in [-0.2, 0) is 46.8 Å². The second kappa shape index (κ2) is 33.6. The number of amides is 3. The van der Waals surface area contributed by atoms with Crippen molar-refractivity contribution in [1.82, 2.24) is 55.5 Å². The first-order chi connectivity index (χ1) is 51.5. The Hall–Kier alpha value is -6.86.